The SMILES string of the molecule is CC(C)(C)C[C@H]1[C@H](C(=O)CCCCO)N[C@H](c2cccc(Cl)c2)[C@]1(C#N)c1ccc(Cl)cc1. The topological polar surface area (TPSA) is 73.1 Å². The van der Waals surface area contributed by atoms with Crippen molar-refractivity contribution < 1.29 is 9.90 Å². The second kappa shape index (κ2) is 10.6. The Hall–Kier alpha value is -1.90. The van der Waals surface area contributed by atoms with Crippen LogP contribution in [0.2, 0.25) is 10.0 Å². The van der Waals surface area contributed by atoms with Gasteiger partial charge in [0.2, 0.25) is 0 Å². The van der Waals surface area contributed by atoms with Gasteiger partial charge in [0.05, 0.1) is 18.2 Å². The molecule has 6 heteroatoms. The van der Waals surface area contributed by atoms with Crippen molar-refractivity contribution in [3.63, 3.8) is 0 Å². The molecule has 3 rings (SSSR count). The zero-order valence-corrected chi connectivity index (χ0v) is 21.0. The van der Waals surface area contributed by atoms with Gasteiger partial charge in [0.25, 0.3) is 0 Å². The number of aliphatic hydroxyl groups excluding tert-OH is 1. The molecule has 2 aromatic carbocycles. The smallest absolute Gasteiger partial charge is 0.150 e. The normalized spacial score (nSPS) is 25.1. The van der Waals surface area contributed by atoms with Crippen molar-refractivity contribution in [2.45, 2.75) is 64.0 Å². The predicted octanol–water partition coefficient (Wildman–Crippen LogP) is 6.25. The Morgan fingerprint density at radius 2 is 1.82 bits per heavy atom. The van der Waals surface area contributed by atoms with Crippen LogP contribution in [0.3, 0.4) is 0 Å². The fourth-order valence-electron chi connectivity index (χ4n) is 5.09. The van der Waals surface area contributed by atoms with Gasteiger partial charge in [0, 0.05) is 29.0 Å². The molecule has 1 aliphatic rings. The van der Waals surface area contributed by atoms with Gasteiger partial charge in [-0.2, -0.15) is 5.26 Å². The molecule has 2 N–H and O–H groups in total. The average Bonchev–Trinajstić information content (AvgIpc) is 3.08. The quantitative estimate of drug-likeness (QED) is 0.432. The third-order valence-electron chi connectivity index (χ3n) is 6.49. The summed E-state index contributed by atoms with van der Waals surface area (Å²) in [6, 6.07) is 16.7. The first kappa shape index (κ1) is 25.7. The number of nitriles is 1. The molecule has 0 saturated carbocycles. The highest BCUT2D eigenvalue weighted by Gasteiger charge is 2.59. The van der Waals surface area contributed by atoms with E-state index < -0.39 is 17.5 Å². The lowest BCUT2D eigenvalue weighted by Gasteiger charge is -2.38. The molecule has 0 radical (unpaired) electrons. The number of rotatable bonds is 8. The number of aliphatic hydroxyl groups is 1. The highest BCUT2D eigenvalue weighted by Crippen LogP contribution is 2.53. The van der Waals surface area contributed by atoms with E-state index in [1.807, 2.05) is 30.3 Å². The molecule has 0 aliphatic carbocycles. The Kier molecular flexibility index (Phi) is 8.24. The summed E-state index contributed by atoms with van der Waals surface area (Å²) in [5, 5.41) is 24.7. The number of unbranched alkanes of at least 4 members (excludes halogenated alkanes) is 1. The van der Waals surface area contributed by atoms with Crippen LogP contribution >= 0.6 is 23.2 Å². The van der Waals surface area contributed by atoms with Crippen LogP contribution in [0.25, 0.3) is 0 Å². The van der Waals surface area contributed by atoms with Crippen LogP contribution in [0.15, 0.2) is 48.5 Å². The first-order valence-corrected chi connectivity index (χ1v) is 12.2. The second-order valence-electron chi connectivity index (χ2n) is 10.1. The van der Waals surface area contributed by atoms with Crippen LogP contribution in [0, 0.1) is 22.7 Å². The van der Waals surface area contributed by atoms with Crippen LogP contribution in [0.1, 0.15) is 63.6 Å². The van der Waals surface area contributed by atoms with Gasteiger partial charge < -0.3 is 5.11 Å². The molecule has 1 fully saturated rings. The van der Waals surface area contributed by atoms with E-state index in [1.54, 1.807) is 18.2 Å². The van der Waals surface area contributed by atoms with Gasteiger partial charge in [-0.15, -0.1) is 0 Å². The van der Waals surface area contributed by atoms with Crippen LogP contribution in [0.4, 0.5) is 0 Å². The standard InChI is InChI=1S/C27H32Cl2N2O2/c1-26(2,3)16-22-24(23(33)9-4-5-14-32)31-25(18-7-6-8-21(29)15-18)27(22,17-30)19-10-12-20(28)13-11-19/h6-8,10-13,15,22,24-25,31-32H,4-5,9,14,16H2,1-3H3/t22-,24+,25+,27+/m0/s1. The zero-order chi connectivity index (χ0) is 24.2. The van der Waals surface area contributed by atoms with E-state index in [1.165, 1.54) is 0 Å². The van der Waals surface area contributed by atoms with Crippen LogP contribution < -0.4 is 5.32 Å². The third-order valence-corrected chi connectivity index (χ3v) is 6.98. The molecule has 0 bridgehead atoms. The van der Waals surface area contributed by atoms with Crippen molar-refractivity contribution in [2.24, 2.45) is 11.3 Å². The Labute approximate surface area is 206 Å². The summed E-state index contributed by atoms with van der Waals surface area (Å²) in [6.45, 7) is 6.47. The summed E-state index contributed by atoms with van der Waals surface area (Å²) >= 11 is 12.5. The molecule has 1 saturated heterocycles. The maximum atomic E-state index is 13.4. The number of halogens is 2. The molecule has 4 atom stereocenters. The Bertz CT molecular complexity index is 1010. The number of carbonyl (C=O) groups excluding carboxylic acids is 1. The van der Waals surface area contributed by atoms with Gasteiger partial charge in [0.15, 0.2) is 0 Å². The van der Waals surface area contributed by atoms with Crippen molar-refractivity contribution in [2.75, 3.05) is 6.61 Å². The lowest BCUT2D eigenvalue weighted by Crippen LogP contribution is -2.41. The van der Waals surface area contributed by atoms with Crippen molar-refractivity contribution in [1.82, 2.24) is 5.32 Å². The van der Waals surface area contributed by atoms with Gasteiger partial charge in [-0.25, -0.2) is 0 Å². The van der Waals surface area contributed by atoms with Crippen molar-refractivity contribution >= 4 is 29.0 Å². The molecule has 33 heavy (non-hydrogen) atoms. The van der Waals surface area contributed by atoms with Gasteiger partial charge in [-0.1, -0.05) is 68.2 Å². The molecule has 0 unspecified atom stereocenters. The lowest BCUT2D eigenvalue weighted by molar-refractivity contribution is -0.122. The van der Waals surface area contributed by atoms with Crippen molar-refractivity contribution in [3.05, 3.63) is 69.7 Å². The number of nitrogens with zero attached hydrogens (tertiary/aromatic N) is 1. The number of nitrogens with one attached hydrogen (secondary N) is 1. The molecule has 4 nitrogen and oxygen atoms in total. The number of benzene rings is 2. The van der Waals surface area contributed by atoms with Crippen LogP contribution in [-0.4, -0.2) is 23.5 Å². The monoisotopic (exact) mass is 486 g/mol. The van der Waals surface area contributed by atoms with Crippen LogP contribution in [-0.2, 0) is 10.2 Å². The number of hydrogen-bond donors (Lipinski definition) is 2. The second-order valence-corrected chi connectivity index (χ2v) is 11.0. The highest BCUT2D eigenvalue weighted by molar-refractivity contribution is 6.30. The van der Waals surface area contributed by atoms with E-state index in [-0.39, 0.29) is 23.7 Å². The lowest BCUT2D eigenvalue weighted by atomic mass is 9.62. The molecular weight excluding hydrogens is 455 g/mol. The molecular formula is C27H32Cl2N2O2. The van der Waals surface area contributed by atoms with E-state index in [2.05, 4.69) is 32.2 Å². The third kappa shape index (κ3) is 5.61. The fraction of sp³-hybridized carbons (Fsp3) is 0.481. The van der Waals surface area contributed by atoms with Gasteiger partial charge in [0.1, 0.15) is 11.2 Å². The maximum Gasteiger partial charge on any atom is 0.150 e. The highest BCUT2D eigenvalue weighted by atomic mass is 35.5. The zero-order valence-electron chi connectivity index (χ0n) is 19.4. The minimum Gasteiger partial charge on any atom is -0.396 e. The minimum absolute atomic E-state index is 0.0643. The largest absolute Gasteiger partial charge is 0.396 e. The molecule has 1 aliphatic heterocycles. The van der Waals surface area contributed by atoms with Gasteiger partial charge >= 0.3 is 0 Å². The fourth-order valence-corrected chi connectivity index (χ4v) is 5.41. The maximum absolute atomic E-state index is 13.4. The summed E-state index contributed by atoms with van der Waals surface area (Å²) < 4.78 is 0. The summed E-state index contributed by atoms with van der Waals surface area (Å²) in [5.74, 6) is -0.176. The van der Waals surface area contributed by atoms with E-state index >= 15 is 0 Å². The molecule has 0 aromatic heterocycles. The van der Waals surface area contributed by atoms with Crippen molar-refractivity contribution in [3.8, 4) is 6.07 Å². The first-order valence-electron chi connectivity index (χ1n) is 11.4. The van der Waals surface area contributed by atoms with E-state index in [0.717, 1.165) is 11.1 Å². The Balaban J connectivity index is 2.19. The molecule has 0 amide bonds. The van der Waals surface area contributed by atoms with E-state index in [9.17, 15) is 10.1 Å². The summed E-state index contributed by atoms with van der Waals surface area (Å²) in [5.41, 5.74) is 0.628. The van der Waals surface area contributed by atoms with Crippen LogP contribution in [0.5, 0.6) is 0 Å². The molecule has 2 aromatic rings. The van der Waals surface area contributed by atoms with Gasteiger partial charge in [-0.05, 0) is 60.1 Å². The predicted molar refractivity (Wildman–Crippen MR) is 133 cm³/mol. The molecule has 0 spiro atoms. The number of Topliss-reactive ketones (excluding diaryl/α,β-unsaturated/α-hetero) is 1. The number of hydrogen-bond acceptors (Lipinski definition) is 4. The summed E-state index contributed by atoms with van der Waals surface area (Å²) in [4.78, 5) is 13.4. The van der Waals surface area contributed by atoms with E-state index in [0.29, 0.717) is 35.7 Å². The summed E-state index contributed by atoms with van der Waals surface area (Å²) in [7, 11) is 0. The molecule has 1 heterocycles. The van der Waals surface area contributed by atoms with Crippen molar-refractivity contribution in [1.29, 1.82) is 5.26 Å². The van der Waals surface area contributed by atoms with Gasteiger partial charge in [-0.3, -0.25) is 10.1 Å². The van der Waals surface area contributed by atoms with E-state index in [4.69, 9.17) is 28.3 Å². The number of carbonyl (C=O) groups is 1. The Morgan fingerprint density at radius 3 is 2.39 bits per heavy atom. The first-order chi connectivity index (χ1) is 15.6. The molecule has 176 valence electrons. The number of ketones is 1. The average molecular weight is 487 g/mol. The Morgan fingerprint density at radius 1 is 1.12 bits per heavy atom. The minimum atomic E-state index is -0.986. The summed E-state index contributed by atoms with van der Waals surface area (Å²) in [6.07, 6.45) is 2.26.